The summed E-state index contributed by atoms with van der Waals surface area (Å²) in [5.41, 5.74) is 3.48. The first-order valence-electron chi connectivity index (χ1n) is 10.7. The summed E-state index contributed by atoms with van der Waals surface area (Å²) in [4.78, 5) is 13.3. The molecule has 3 aromatic rings. The Hall–Kier alpha value is -3.29. The van der Waals surface area contributed by atoms with Crippen LogP contribution in [-0.2, 0) is 22.5 Å². The van der Waals surface area contributed by atoms with Gasteiger partial charge < -0.3 is 9.84 Å². The number of ether oxygens (including phenoxy) is 1. The fraction of sp³-hybridized carbons (Fsp3) is 0.320. The van der Waals surface area contributed by atoms with Crippen LogP contribution in [0, 0.1) is 5.92 Å². The van der Waals surface area contributed by atoms with Gasteiger partial charge in [-0.25, -0.2) is 0 Å². The first-order chi connectivity index (χ1) is 15.7. The minimum Gasteiger partial charge on any atom is -0.396 e. The van der Waals surface area contributed by atoms with Crippen LogP contribution in [0.15, 0.2) is 72.9 Å². The van der Waals surface area contributed by atoms with Gasteiger partial charge in [0, 0.05) is 50.2 Å². The van der Waals surface area contributed by atoms with E-state index in [-0.39, 0.29) is 18.6 Å². The zero-order valence-electron chi connectivity index (χ0n) is 18.5. The Bertz CT molecular complexity index is 986. The van der Waals surface area contributed by atoms with Crippen molar-refractivity contribution in [2.75, 3.05) is 18.6 Å². The highest BCUT2D eigenvalue weighted by molar-refractivity contribution is 5.86. The normalized spacial score (nSPS) is 13.2. The number of allylic oxidation sites excluding steroid dienone is 1. The van der Waals surface area contributed by atoms with Crippen molar-refractivity contribution in [3.63, 3.8) is 0 Å². The Morgan fingerprint density at radius 3 is 2.50 bits per heavy atom. The highest BCUT2D eigenvalue weighted by atomic mass is 16.5. The van der Waals surface area contributed by atoms with Gasteiger partial charge in [0.05, 0.1) is 11.8 Å². The molecule has 1 heterocycles. The summed E-state index contributed by atoms with van der Waals surface area (Å²) in [6.07, 6.45) is 8.22. The van der Waals surface area contributed by atoms with Crippen LogP contribution in [0.3, 0.4) is 0 Å². The van der Waals surface area contributed by atoms with Gasteiger partial charge in [-0.3, -0.25) is 14.4 Å². The van der Waals surface area contributed by atoms with E-state index in [2.05, 4.69) is 29.4 Å². The lowest BCUT2D eigenvalue weighted by Crippen LogP contribution is -2.14. The SMILES string of the molecule is CO[C@@H](c1ccc(N(C=O)c2ccccc2)cc1)[C@@H](C)/C=C/CCn1cc(CCO)nn1. The molecule has 0 unspecified atom stereocenters. The Balaban J connectivity index is 1.60. The van der Waals surface area contributed by atoms with Crippen LogP contribution >= 0.6 is 0 Å². The number of aliphatic hydroxyl groups excluding tert-OH is 1. The minimum absolute atomic E-state index is 0.0783. The summed E-state index contributed by atoms with van der Waals surface area (Å²) in [6, 6.07) is 17.4. The molecular formula is C25H30N4O3. The van der Waals surface area contributed by atoms with E-state index in [1.165, 1.54) is 0 Å². The summed E-state index contributed by atoms with van der Waals surface area (Å²) in [5.74, 6) is 0.169. The molecule has 0 spiro atoms. The second-order valence-corrected chi connectivity index (χ2v) is 7.58. The number of anilines is 2. The zero-order valence-corrected chi connectivity index (χ0v) is 18.5. The molecule has 7 nitrogen and oxygen atoms in total. The third kappa shape index (κ3) is 6.12. The molecule has 0 radical (unpaired) electrons. The van der Waals surface area contributed by atoms with Gasteiger partial charge in [-0.1, -0.05) is 54.6 Å². The molecule has 0 aliphatic rings. The minimum atomic E-state index is -0.0933. The predicted octanol–water partition coefficient (Wildman–Crippen LogP) is 4.08. The number of benzene rings is 2. The monoisotopic (exact) mass is 434 g/mol. The number of methoxy groups -OCH3 is 1. The fourth-order valence-electron chi connectivity index (χ4n) is 3.63. The molecule has 0 aliphatic heterocycles. The van der Waals surface area contributed by atoms with Crippen LogP contribution in [0.2, 0.25) is 0 Å². The largest absolute Gasteiger partial charge is 0.396 e. The lowest BCUT2D eigenvalue weighted by Gasteiger charge is -2.22. The number of hydrogen-bond donors (Lipinski definition) is 1. The van der Waals surface area contributed by atoms with Gasteiger partial charge in [-0.15, -0.1) is 5.10 Å². The Morgan fingerprint density at radius 2 is 1.84 bits per heavy atom. The van der Waals surface area contributed by atoms with Gasteiger partial charge in [-0.2, -0.15) is 0 Å². The van der Waals surface area contributed by atoms with E-state index >= 15 is 0 Å². The van der Waals surface area contributed by atoms with E-state index in [1.54, 1.807) is 16.7 Å². The number of aliphatic hydroxyl groups is 1. The number of carbonyl (C=O) groups excluding carboxylic acids is 1. The third-order valence-corrected chi connectivity index (χ3v) is 5.29. The number of para-hydroxylation sites is 1. The number of carbonyl (C=O) groups is 1. The van der Waals surface area contributed by atoms with Crippen molar-refractivity contribution in [2.24, 2.45) is 5.92 Å². The number of aromatic nitrogens is 3. The van der Waals surface area contributed by atoms with Gasteiger partial charge in [0.1, 0.15) is 0 Å². The number of hydrogen-bond acceptors (Lipinski definition) is 5. The molecule has 2 aromatic carbocycles. The Morgan fingerprint density at radius 1 is 1.12 bits per heavy atom. The lowest BCUT2D eigenvalue weighted by molar-refractivity contribution is -0.106. The second-order valence-electron chi connectivity index (χ2n) is 7.58. The van der Waals surface area contributed by atoms with Gasteiger partial charge >= 0.3 is 0 Å². The molecule has 7 heteroatoms. The van der Waals surface area contributed by atoms with Gasteiger partial charge in [0.2, 0.25) is 6.41 Å². The molecule has 2 atom stereocenters. The van der Waals surface area contributed by atoms with Gasteiger partial charge in [0.15, 0.2) is 0 Å². The number of rotatable bonds is 12. The second kappa shape index (κ2) is 11.9. The standard InChI is InChI=1S/C25H30N4O3/c1-20(8-6-7-16-28-18-22(15-17-30)26-27-28)25(32-2)21-11-13-24(14-12-21)29(19-31)23-9-4-3-5-10-23/h3-6,8-14,18-20,25,30H,7,15-17H2,1-2H3/b8-6+/t20-,25+/m0/s1. The van der Waals surface area contributed by atoms with Crippen LogP contribution < -0.4 is 4.90 Å². The predicted molar refractivity (Wildman–Crippen MR) is 125 cm³/mol. The first kappa shape index (κ1) is 23.4. The highest BCUT2D eigenvalue weighted by Gasteiger charge is 2.17. The number of nitrogens with zero attached hydrogens (tertiary/aromatic N) is 4. The van der Waals surface area contributed by atoms with Crippen molar-refractivity contribution in [3.05, 3.63) is 84.2 Å². The molecule has 1 amide bonds. The summed E-state index contributed by atoms with van der Waals surface area (Å²) in [7, 11) is 1.71. The first-order valence-corrected chi connectivity index (χ1v) is 10.7. The maximum Gasteiger partial charge on any atom is 0.218 e. The van der Waals surface area contributed by atoms with E-state index in [4.69, 9.17) is 9.84 Å². The van der Waals surface area contributed by atoms with Gasteiger partial charge in [0.25, 0.3) is 0 Å². The van der Waals surface area contributed by atoms with Crippen LogP contribution in [-0.4, -0.2) is 40.2 Å². The van der Waals surface area contributed by atoms with Crippen molar-refractivity contribution in [1.29, 1.82) is 0 Å². The Kier molecular flexibility index (Phi) is 8.71. The highest BCUT2D eigenvalue weighted by Crippen LogP contribution is 2.30. The van der Waals surface area contributed by atoms with E-state index < -0.39 is 0 Å². The molecule has 0 fully saturated rings. The molecule has 168 valence electrons. The molecule has 1 N–H and O–H groups in total. The molecule has 0 aliphatic carbocycles. The quantitative estimate of drug-likeness (QED) is 0.343. The van der Waals surface area contributed by atoms with E-state index in [0.717, 1.165) is 42.0 Å². The van der Waals surface area contributed by atoms with E-state index in [1.807, 2.05) is 60.8 Å². The average molecular weight is 435 g/mol. The van der Waals surface area contributed by atoms with Gasteiger partial charge in [-0.05, 0) is 36.2 Å². The third-order valence-electron chi connectivity index (χ3n) is 5.29. The number of amides is 1. The molecule has 1 aromatic heterocycles. The molecule has 32 heavy (non-hydrogen) atoms. The summed E-state index contributed by atoms with van der Waals surface area (Å²) < 4.78 is 7.56. The Labute approximate surface area is 188 Å². The molecule has 0 saturated carbocycles. The molecule has 0 saturated heterocycles. The topological polar surface area (TPSA) is 80.5 Å². The number of aryl methyl sites for hydroxylation is 1. The smallest absolute Gasteiger partial charge is 0.218 e. The van der Waals surface area contributed by atoms with Crippen molar-refractivity contribution in [3.8, 4) is 0 Å². The molecule has 3 rings (SSSR count). The van der Waals surface area contributed by atoms with Crippen LogP contribution in [0.1, 0.15) is 30.7 Å². The van der Waals surface area contributed by atoms with Crippen molar-refractivity contribution in [2.45, 2.75) is 32.4 Å². The molecule has 0 bridgehead atoms. The van der Waals surface area contributed by atoms with Crippen molar-refractivity contribution < 1.29 is 14.6 Å². The fourth-order valence-corrected chi connectivity index (χ4v) is 3.63. The van der Waals surface area contributed by atoms with Crippen molar-refractivity contribution in [1.82, 2.24) is 15.0 Å². The van der Waals surface area contributed by atoms with E-state index in [0.29, 0.717) is 6.42 Å². The summed E-state index contributed by atoms with van der Waals surface area (Å²) >= 11 is 0. The molecular weight excluding hydrogens is 404 g/mol. The maximum atomic E-state index is 11.6. The van der Waals surface area contributed by atoms with Crippen LogP contribution in [0.4, 0.5) is 11.4 Å². The lowest BCUT2D eigenvalue weighted by atomic mass is 9.96. The van der Waals surface area contributed by atoms with E-state index in [9.17, 15) is 4.79 Å². The average Bonchev–Trinajstić information content (AvgIpc) is 3.27. The van der Waals surface area contributed by atoms with Crippen LogP contribution in [0.25, 0.3) is 0 Å². The summed E-state index contributed by atoms with van der Waals surface area (Å²) in [5, 5.41) is 17.1. The summed E-state index contributed by atoms with van der Waals surface area (Å²) in [6.45, 7) is 2.93. The van der Waals surface area contributed by atoms with Crippen molar-refractivity contribution >= 4 is 17.8 Å². The maximum absolute atomic E-state index is 11.6. The van der Waals surface area contributed by atoms with Crippen LogP contribution in [0.5, 0.6) is 0 Å². The zero-order chi connectivity index (χ0) is 22.8.